The van der Waals surface area contributed by atoms with Gasteiger partial charge in [-0.15, -0.1) is 0 Å². The van der Waals surface area contributed by atoms with Crippen molar-refractivity contribution in [2.75, 3.05) is 0 Å². The van der Waals surface area contributed by atoms with Crippen LogP contribution in [-0.2, 0) is 0 Å². The molecule has 1 aliphatic heterocycles. The number of benzene rings is 1. The number of nitrogens with zero attached hydrogens (tertiary/aromatic N) is 2. The Bertz CT molecular complexity index is 397. The van der Waals surface area contributed by atoms with E-state index >= 15 is 0 Å². The molecule has 0 saturated carbocycles. The Morgan fingerprint density at radius 2 is 2.00 bits per heavy atom. The van der Waals surface area contributed by atoms with Crippen LogP contribution < -0.4 is 10.3 Å². The number of hydrogen-bond acceptors (Lipinski definition) is 2. The van der Waals surface area contributed by atoms with Crippen LogP contribution in [0.2, 0.25) is 0 Å². The van der Waals surface area contributed by atoms with Gasteiger partial charge in [0.15, 0.2) is 5.69 Å². The van der Waals surface area contributed by atoms with Crippen molar-refractivity contribution in [3.8, 4) is 0 Å². The third-order valence-corrected chi connectivity index (χ3v) is 2.12. The number of hydrogen-bond donors (Lipinski definition) is 1. The van der Waals surface area contributed by atoms with Gasteiger partial charge in [-0.05, 0) is 0 Å². The van der Waals surface area contributed by atoms with Crippen LogP contribution in [0.1, 0.15) is 0 Å². The Hall–Kier alpha value is -1.94. The third kappa shape index (κ3) is 1.13. The topological polar surface area (TPSA) is 55.5 Å². The van der Waals surface area contributed by atoms with E-state index in [0.717, 1.165) is 5.69 Å². The number of allylic oxidation sites excluding steroid dienone is 1. The number of primary amides is 1. The molecule has 0 fully saturated rings. The highest BCUT2D eigenvalue weighted by Crippen LogP contribution is 2.26. The van der Waals surface area contributed by atoms with E-state index in [4.69, 9.17) is 5.73 Å². The van der Waals surface area contributed by atoms with Crippen molar-refractivity contribution in [1.82, 2.24) is 4.59 Å². The van der Waals surface area contributed by atoms with Crippen LogP contribution in [0.15, 0.2) is 47.7 Å². The van der Waals surface area contributed by atoms with Crippen molar-refractivity contribution < 1.29 is 4.79 Å². The van der Waals surface area contributed by atoms with Crippen LogP contribution in [0.25, 0.3) is 0 Å². The van der Waals surface area contributed by atoms with Gasteiger partial charge in [0.05, 0.1) is 6.21 Å². The maximum atomic E-state index is 11.4. The molecule has 0 aromatic heterocycles. The number of rotatable bonds is 1. The molecule has 1 aromatic carbocycles. The molecule has 4 nitrogen and oxygen atoms in total. The minimum atomic E-state index is -0.513. The fourth-order valence-corrected chi connectivity index (χ4v) is 1.41. The SMILES string of the molecule is NC(=O)[N+]1(c2ccccc2)C=CC=N1. The molecule has 0 bridgehead atoms. The summed E-state index contributed by atoms with van der Waals surface area (Å²) in [6.45, 7) is 0. The molecule has 1 heterocycles. The first-order valence-electron chi connectivity index (χ1n) is 4.23. The maximum absolute atomic E-state index is 11.4. The van der Waals surface area contributed by atoms with Gasteiger partial charge in [0, 0.05) is 18.2 Å². The van der Waals surface area contributed by atoms with Crippen LogP contribution in [0, 0.1) is 0 Å². The first-order valence-corrected chi connectivity index (χ1v) is 4.23. The van der Waals surface area contributed by atoms with E-state index < -0.39 is 6.03 Å². The lowest BCUT2D eigenvalue weighted by molar-refractivity contribution is 0.227. The van der Waals surface area contributed by atoms with Crippen molar-refractivity contribution >= 4 is 17.9 Å². The predicted molar refractivity (Wildman–Crippen MR) is 55.5 cm³/mol. The molecule has 14 heavy (non-hydrogen) atoms. The number of urea groups is 1. The number of amides is 2. The molecule has 2 rings (SSSR count). The lowest BCUT2D eigenvalue weighted by Crippen LogP contribution is -2.46. The standard InChI is InChI=1S/C10H9N3O/c11-10(14)13(8-4-7-12-13)9-5-2-1-3-6-9/h1-8H,(H-,11,14)/p+1. The van der Waals surface area contributed by atoms with Gasteiger partial charge in [0.1, 0.15) is 6.20 Å². The second-order valence-corrected chi connectivity index (χ2v) is 2.97. The van der Waals surface area contributed by atoms with Gasteiger partial charge in [-0.25, -0.2) is 4.79 Å². The van der Waals surface area contributed by atoms with Crippen molar-refractivity contribution in [1.29, 1.82) is 0 Å². The van der Waals surface area contributed by atoms with Gasteiger partial charge in [-0.3, -0.25) is 0 Å². The molecular weight excluding hydrogens is 178 g/mol. The number of nitrogens with two attached hydrogens (primary N) is 1. The van der Waals surface area contributed by atoms with E-state index in [-0.39, 0.29) is 4.59 Å². The summed E-state index contributed by atoms with van der Waals surface area (Å²) >= 11 is 0. The zero-order chi connectivity index (χ0) is 10.0. The van der Waals surface area contributed by atoms with Gasteiger partial charge in [0.25, 0.3) is 0 Å². The number of carbonyl (C=O) groups excluding carboxylic acids is 1. The van der Waals surface area contributed by atoms with Crippen LogP contribution in [0.3, 0.4) is 0 Å². The zero-order valence-corrected chi connectivity index (χ0v) is 7.50. The number of quaternary nitrogens is 1. The second-order valence-electron chi connectivity index (χ2n) is 2.97. The van der Waals surface area contributed by atoms with Gasteiger partial charge in [-0.2, -0.15) is 0 Å². The summed E-state index contributed by atoms with van der Waals surface area (Å²) in [5.74, 6) is 0. The Balaban J connectivity index is 2.54. The summed E-state index contributed by atoms with van der Waals surface area (Å²) in [4.78, 5) is 11.4. The molecule has 0 aliphatic carbocycles. The van der Waals surface area contributed by atoms with Gasteiger partial charge in [-0.1, -0.05) is 27.9 Å². The Kier molecular flexibility index (Phi) is 1.90. The lowest BCUT2D eigenvalue weighted by Gasteiger charge is -2.19. The Morgan fingerprint density at radius 3 is 2.50 bits per heavy atom. The van der Waals surface area contributed by atoms with Gasteiger partial charge < -0.3 is 5.73 Å². The molecule has 1 aromatic rings. The van der Waals surface area contributed by atoms with Crippen LogP contribution in [0.4, 0.5) is 10.5 Å². The molecule has 1 atom stereocenters. The maximum Gasteiger partial charge on any atom is 0.450 e. The van der Waals surface area contributed by atoms with Crippen LogP contribution in [-0.4, -0.2) is 12.2 Å². The Labute approximate surface area is 81.5 Å². The molecule has 0 radical (unpaired) electrons. The predicted octanol–water partition coefficient (Wildman–Crippen LogP) is 1.59. The van der Waals surface area contributed by atoms with E-state index in [2.05, 4.69) is 5.10 Å². The molecular formula is C10H10N3O+. The molecule has 2 N–H and O–H groups in total. The third-order valence-electron chi connectivity index (χ3n) is 2.12. The largest absolute Gasteiger partial charge is 0.450 e. The van der Waals surface area contributed by atoms with Crippen molar-refractivity contribution in [2.45, 2.75) is 0 Å². The summed E-state index contributed by atoms with van der Waals surface area (Å²) < 4.78 is -0.277. The average Bonchev–Trinajstić information content (AvgIpc) is 2.69. The average molecular weight is 188 g/mol. The zero-order valence-electron chi connectivity index (χ0n) is 7.50. The number of carbonyl (C=O) groups is 1. The molecule has 2 amide bonds. The lowest BCUT2D eigenvalue weighted by atomic mass is 10.3. The fraction of sp³-hybridized carbons (Fsp3) is 0. The van der Waals surface area contributed by atoms with Crippen molar-refractivity contribution in [3.63, 3.8) is 0 Å². The first kappa shape index (κ1) is 8.65. The van der Waals surface area contributed by atoms with Gasteiger partial charge >= 0.3 is 6.03 Å². The van der Waals surface area contributed by atoms with Crippen molar-refractivity contribution in [2.24, 2.45) is 10.8 Å². The molecule has 4 heteroatoms. The minimum absolute atomic E-state index is 0.277. The first-order chi connectivity index (χ1) is 6.76. The van der Waals surface area contributed by atoms with E-state index in [1.165, 1.54) is 0 Å². The van der Waals surface area contributed by atoms with E-state index in [9.17, 15) is 4.79 Å². The highest BCUT2D eigenvalue weighted by molar-refractivity contribution is 5.92. The Morgan fingerprint density at radius 1 is 1.29 bits per heavy atom. The van der Waals surface area contributed by atoms with Crippen LogP contribution >= 0.6 is 0 Å². The summed E-state index contributed by atoms with van der Waals surface area (Å²) in [5.41, 5.74) is 6.07. The van der Waals surface area contributed by atoms with Crippen molar-refractivity contribution in [3.05, 3.63) is 42.6 Å². The molecule has 0 spiro atoms. The summed E-state index contributed by atoms with van der Waals surface area (Å²) in [5, 5.41) is 4.06. The summed E-state index contributed by atoms with van der Waals surface area (Å²) in [6.07, 6.45) is 4.92. The minimum Gasteiger partial charge on any atom is -0.316 e. The second kappa shape index (κ2) is 3.08. The molecule has 70 valence electrons. The summed E-state index contributed by atoms with van der Waals surface area (Å²) in [7, 11) is 0. The van der Waals surface area contributed by atoms with E-state index in [1.54, 1.807) is 18.5 Å². The molecule has 1 unspecified atom stereocenters. The smallest absolute Gasteiger partial charge is 0.316 e. The van der Waals surface area contributed by atoms with E-state index in [1.807, 2.05) is 30.3 Å². The van der Waals surface area contributed by atoms with Gasteiger partial charge in [0.2, 0.25) is 0 Å². The normalized spacial score (nSPS) is 24.0. The molecule has 1 aliphatic rings. The fourth-order valence-electron chi connectivity index (χ4n) is 1.41. The molecule has 0 saturated heterocycles. The quantitative estimate of drug-likeness (QED) is 0.668. The van der Waals surface area contributed by atoms with E-state index in [0.29, 0.717) is 0 Å². The highest BCUT2D eigenvalue weighted by Gasteiger charge is 2.37. The van der Waals surface area contributed by atoms with Crippen LogP contribution in [0.5, 0.6) is 0 Å². The monoisotopic (exact) mass is 188 g/mol. The summed E-state index contributed by atoms with van der Waals surface area (Å²) in [6, 6.07) is 8.70. The number of para-hydroxylation sites is 1. The highest BCUT2D eigenvalue weighted by atomic mass is 16.2.